The maximum absolute atomic E-state index is 12.3. The van der Waals surface area contributed by atoms with Crippen LogP contribution in [-0.2, 0) is 9.59 Å². The van der Waals surface area contributed by atoms with Gasteiger partial charge in [0.15, 0.2) is 5.78 Å². The third kappa shape index (κ3) is 5.05. The standard InChI is InChI=1S/C19H20N2O3/c1-13(22)16-9-6-10-17(11-16)21-19(24)12-18(20-14(2)23)15-7-4-3-5-8-15/h3-11,18H,12H2,1-2H3,(H,20,23)(H,21,24)/t18-/m0/s1. The zero-order chi connectivity index (χ0) is 17.5. The highest BCUT2D eigenvalue weighted by Gasteiger charge is 2.17. The van der Waals surface area contributed by atoms with Crippen LogP contribution in [0.25, 0.3) is 0 Å². The fourth-order valence-corrected chi connectivity index (χ4v) is 2.40. The van der Waals surface area contributed by atoms with Gasteiger partial charge in [0.25, 0.3) is 0 Å². The smallest absolute Gasteiger partial charge is 0.226 e. The van der Waals surface area contributed by atoms with Gasteiger partial charge in [0.1, 0.15) is 0 Å². The Morgan fingerprint density at radius 2 is 1.67 bits per heavy atom. The molecule has 0 saturated heterocycles. The summed E-state index contributed by atoms with van der Waals surface area (Å²) in [4.78, 5) is 35.1. The third-order valence-corrected chi connectivity index (χ3v) is 3.52. The number of benzene rings is 2. The quantitative estimate of drug-likeness (QED) is 0.802. The molecular weight excluding hydrogens is 304 g/mol. The van der Waals surface area contributed by atoms with Gasteiger partial charge in [-0.25, -0.2) is 0 Å². The van der Waals surface area contributed by atoms with Crippen LogP contribution in [0.3, 0.4) is 0 Å². The number of ketones is 1. The van der Waals surface area contributed by atoms with Crippen molar-refractivity contribution in [3.8, 4) is 0 Å². The number of anilines is 1. The molecule has 0 bridgehead atoms. The van der Waals surface area contributed by atoms with Crippen LogP contribution in [0, 0.1) is 0 Å². The minimum atomic E-state index is -0.403. The minimum Gasteiger partial charge on any atom is -0.349 e. The molecular formula is C19H20N2O3. The average molecular weight is 324 g/mol. The molecule has 0 saturated carbocycles. The molecule has 0 aliphatic heterocycles. The molecule has 0 spiro atoms. The van der Waals surface area contributed by atoms with Crippen molar-refractivity contribution in [1.29, 1.82) is 0 Å². The van der Waals surface area contributed by atoms with Crippen molar-refractivity contribution < 1.29 is 14.4 Å². The highest BCUT2D eigenvalue weighted by molar-refractivity contribution is 5.97. The highest BCUT2D eigenvalue weighted by atomic mass is 16.2. The molecule has 0 fully saturated rings. The first-order chi connectivity index (χ1) is 11.5. The molecule has 24 heavy (non-hydrogen) atoms. The summed E-state index contributed by atoms with van der Waals surface area (Å²) in [5.74, 6) is -0.500. The maximum atomic E-state index is 12.3. The highest BCUT2D eigenvalue weighted by Crippen LogP contribution is 2.18. The van der Waals surface area contributed by atoms with Gasteiger partial charge in [0.2, 0.25) is 11.8 Å². The zero-order valence-electron chi connectivity index (χ0n) is 13.7. The van der Waals surface area contributed by atoms with Gasteiger partial charge in [-0.2, -0.15) is 0 Å². The number of Topliss-reactive ketones (excluding diaryl/α,β-unsaturated/α-hetero) is 1. The summed E-state index contributed by atoms with van der Waals surface area (Å²) in [6.07, 6.45) is 0.105. The summed E-state index contributed by atoms with van der Waals surface area (Å²) in [7, 11) is 0. The lowest BCUT2D eigenvalue weighted by molar-refractivity contribution is -0.120. The molecule has 0 unspecified atom stereocenters. The Hall–Kier alpha value is -2.95. The van der Waals surface area contributed by atoms with E-state index in [1.165, 1.54) is 13.8 Å². The molecule has 0 aromatic heterocycles. The summed E-state index contributed by atoms with van der Waals surface area (Å²) < 4.78 is 0. The number of carbonyl (C=O) groups is 3. The number of carbonyl (C=O) groups excluding carboxylic acids is 3. The number of hydrogen-bond donors (Lipinski definition) is 2. The Balaban J connectivity index is 2.09. The Bertz CT molecular complexity index is 741. The molecule has 124 valence electrons. The number of hydrogen-bond acceptors (Lipinski definition) is 3. The first-order valence-electron chi connectivity index (χ1n) is 7.68. The molecule has 2 rings (SSSR count). The lowest BCUT2D eigenvalue weighted by Crippen LogP contribution is -2.29. The summed E-state index contributed by atoms with van der Waals surface area (Å²) >= 11 is 0. The summed E-state index contributed by atoms with van der Waals surface area (Å²) in [5.41, 5.74) is 1.96. The van der Waals surface area contributed by atoms with E-state index in [1.807, 2.05) is 30.3 Å². The van der Waals surface area contributed by atoms with Crippen LogP contribution in [0.1, 0.15) is 42.2 Å². The second kappa shape index (κ2) is 8.06. The normalized spacial score (nSPS) is 11.4. The molecule has 2 aromatic rings. The van der Waals surface area contributed by atoms with E-state index in [2.05, 4.69) is 10.6 Å². The van der Waals surface area contributed by atoms with Gasteiger partial charge >= 0.3 is 0 Å². The van der Waals surface area contributed by atoms with Crippen LogP contribution >= 0.6 is 0 Å². The Morgan fingerprint density at radius 3 is 2.29 bits per heavy atom. The third-order valence-electron chi connectivity index (χ3n) is 3.52. The van der Waals surface area contributed by atoms with E-state index < -0.39 is 6.04 Å². The van der Waals surface area contributed by atoms with Gasteiger partial charge in [-0.15, -0.1) is 0 Å². The van der Waals surface area contributed by atoms with Crippen molar-refractivity contribution in [3.05, 3.63) is 65.7 Å². The topological polar surface area (TPSA) is 75.3 Å². The second-order valence-corrected chi connectivity index (χ2v) is 5.55. The Kier molecular flexibility index (Phi) is 5.84. The fourth-order valence-electron chi connectivity index (χ4n) is 2.40. The second-order valence-electron chi connectivity index (χ2n) is 5.55. The van der Waals surface area contributed by atoms with Gasteiger partial charge in [-0.3, -0.25) is 14.4 Å². The minimum absolute atomic E-state index is 0.0634. The van der Waals surface area contributed by atoms with E-state index in [0.29, 0.717) is 11.3 Å². The molecule has 2 N–H and O–H groups in total. The van der Waals surface area contributed by atoms with E-state index in [9.17, 15) is 14.4 Å². The molecule has 0 aliphatic carbocycles. The molecule has 2 amide bonds. The van der Waals surface area contributed by atoms with E-state index in [-0.39, 0.29) is 24.0 Å². The molecule has 5 heteroatoms. The molecule has 1 atom stereocenters. The van der Waals surface area contributed by atoms with Gasteiger partial charge in [0, 0.05) is 18.2 Å². The number of nitrogens with one attached hydrogen (secondary N) is 2. The lowest BCUT2D eigenvalue weighted by Gasteiger charge is -2.18. The average Bonchev–Trinajstić information content (AvgIpc) is 2.55. The Labute approximate surface area is 141 Å². The fraction of sp³-hybridized carbons (Fsp3) is 0.211. The van der Waals surface area contributed by atoms with Crippen LogP contribution in [0.2, 0.25) is 0 Å². The van der Waals surface area contributed by atoms with E-state index in [1.54, 1.807) is 24.3 Å². The zero-order valence-corrected chi connectivity index (χ0v) is 13.7. The first-order valence-corrected chi connectivity index (χ1v) is 7.68. The molecule has 5 nitrogen and oxygen atoms in total. The number of amides is 2. The van der Waals surface area contributed by atoms with E-state index in [0.717, 1.165) is 5.56 Å². The van der Waals surface area contributed by atoms with Crippen molar-refractivity contribution in [2.45, 2.75) is 26.3 Å². The van der Waals surface area contributed by atoms with Crippen LogP contribution in [0.4, 0.5) is 5.69 Å². The van der Waals surface area contributed by atoms with Crippen LogP contribution in [-0.4, -0.2) is 17.6 Å². The van der Waals surface area contributed by atoms with Gasteiger partial charge in [-0.05, 0) is 24.6 Å². The van der Waals surface area contributed by atoms with Crippen molar-refractivity contribution in [3.63, 3.8) is 0 Å². The van der Waals surface area contributed by atoms with Crippen molar-refractivity contribution >= 4 is 23.3 Å². The summed E-state index contributed by atoms with van der Waals surface area (Å²) in [6, 6.07) is 15.7. The molecule has 0 radical (unpaired) electrons. The summed E-state index contributed by atoms with van der Waals surface area (Å²) in [6.45, 7) is 2.90. The predicted octanol–water partition coefficient (Wildman–Crippen LogP) is 3.10. The molecule has 0 aliphatic rings. The molecule has 2 aromatic carbocycles. The van der Waals surface area contributed by atoms with E-state index in [4.69, 9.17) is 0 Å². The van der Waals surface area contributed by atoms with Crippen molar-refractivity contribution in [1.82, 2.24) is 5.32 Å². The van der Waals surface area contributed by atoms with Crippen LogP contribution in [0.15, 0.2) is 54.6 Å². The van der Waals surface area contributed by atoms with Crippen LogP contribution in [0.5, 0.6) is 0 Å². The summed E-state index contributed by atoms with van der Waals surface area (Å²) in [5, 5.41) is 5.56. The maximum Gasteiger partial charge on any atom is 0.226 e. The molecule has 0 heterocycles. The van der Waals surface area contributed by atoms with Gasteiger partial charge in [-0.1, -0.05) is 42.5 Å². The monoisotopic (exact) mass is 324 g/mol. The predicted molar refractivity (Wildman–Crippen MR) is 92.7 cm³/mol. The SMILES string of the molecule is CC(=O)N[C@@H](CC(=O)Nc1cccc(C(C)=O)c1)c1ccccc1. The van der Waals surface area contributed by atoms with E-state index >= 15 is 0 Å². The lowest BCUT2D eigenvalue weighted by atomic mass is 10.0. The largest absolute Gasteiger partial charge is 0.349 e. The van der Waals surface area contributed by atoms with Crippen molar-refractivity contribution in [2.24, 2.45) is 0 Å². The van der Waals surface area contributed by atoms with Crippen LogP contribution < -0.4 is 10.6 Å². The van der Waals surface area contributed by atoms with Crippen molar-refractivity contribution in [2.75, 3.05) is 5.32 Å². The Morgan fingerprint density at radius 1 is 0.958 bits per heavy atom. The van der Waals surface area contributed by atoms with Gasteiger partial charge in [0.05, 0.1) is 12.5 Å². The first kappa shape index (κ1) is 17.4. The number of rotatable bonds is 6. The van der Waals surface area contributed by atoms with Gasteiger partial charge < -0.3 is 10.6 Å².